The van der Waals surface area contributed by atoms with E-state index < -0.39 is 17.9 Å². The highest BCUT2D eigenvalue weighted by atomic mass is 16.4. The van der Waals surface area contributed by atoms with Gasteiger partial charge >= 0.3 is 5.97 Å². The summed E-state index contributed by atoms with van der Waals surface area (Å²) in [6.07, 6.45) is 0. The lowest BCUT2D eigenvalue weighted by atomic mass is 9.96. The lowest BCUT2D eigenvalue weighted by Crippen LogP contribution is -2.47. The van der Waals surface area contributed by atoms with E-state index in [1.54, 1.807) is 13.8 Å². The number of benzene rings is 1. The lowest BCUT2D eigenvalue weighted by molar-refractivity contribution is -0.143. The molecule has 0 fully saturated rings. The SMILES string of the molecule is CC(C)C(NC(=O)C(CN)c1ccccc1)C(=O)O. The summed E-state index contributed by atoms with van der Waals surface area (Å²) in [5.41, 5.74) is 6.41. The predicted molar refractivity (Wildman–Crippen MR) is 72.6 cm³/mol. The third-order valence-electron chi connectivity index (χ3n) is 2.98. The molecule has 1 rings (SSSR count). The van der Waals surface area contributed by atoms with E-state index in [0.29, 0.717) is 0 Å². The molecule has 104 valence electrons. The van der Waals surface area contributed by atoms with Crippen LogP contribution in [0.15, 0.2) is 30.3 Å². The normalized spacial score (nSPS) is 13.9. The van der Waals surface area contributed by atoms with E-state index in [1.165, 1.54) is 0 Å². The zero-order chi connectivity index (χ0) is 14.4. The number of nitrogens with two attached hydrogens (primary N) is 1. The van der Waals surface area contributed by atoms with Gasteiger partial charge in [0.1, 0.15) is 6.04 Å². The van der Waals surface area contributed by atoms with Crippen LogP contribution in [0.1, 0.15) is 25.3 Å². The Morgan fingerprint density at radius 1 is 1.26 bits per heavy atom. The van der Waals surface area contributed by atoms with Crippen LogP contribution in [0.25, 0.3) is 0 Å². The van der Waals surface area contributed by atoms with Crippen molar-refractivity contribution in [2.45, 2.75) is 25.8 Å². The summed E-state index contributed by atoms with van der Waals surface area (Å²) in [4.78, 5) is 23.2. The Labute approximate surface area is 112 Å². The second kappa shape index (κ2) is 6.89. The topological polar surface area (TPSA) is 92.4 Å². The summed E-state index contributed by atoms with van der Waals surface area (Å²) in [5.74, 6) is -2.10. The summed E-state index contributed by atoms with van der Waals surface area (Å²) in [5, 5.41) is 11.6. The number of aliphatic carboxylic acids is 1. The first-order valence-corrected chi connectivity index (χ1v) is 6.25. The number of carbonyl (C=O) groups is 2. The molecule has 0 saturated carbocycles. The Hall–Kier alpha value is -1.88. The van der Waals surface area contributed by atoms with Crippen LogP contribution in [0.4, 0.5) is 0 Å². The highest BCUT2D eigenvalue weighted by Crippen LogP contribution is 2.15. The Bertz CT molecular complexity index is 432. The molecule has 0 saturated heterocycles. The fourth-order valence-corrected chi connectivity index (χ4v) is 1.85. The van der Waals surface area contributed by atoms with Gasteiger partial charge in [0.2, 0.25) is 5.91 Å². The van der Waals surface area contributed by atoms with Crippen LogP contribution in [0.5, 0.6) is 0 Å². The largest absolute Gasteiger partial charge is 0.480 e. The zero-order valence-corrected chi connectivity index (χ0v) is 11.2. The maximum Gasteiger partial charge on any atom is 0.326 e. The third kappa shape index (κ3) is 4.06. The maximum absolute atomic E-state index is 12.1. The van der Waals surface area contributed by atoms with Gasteiger partial charge < -0.3 is 16.2 Å². The fraction of sp³-hybridized carbons (Fsp3) is 0.429. The molecule has 1 aromatic rings. The minimum absolute atomic E-state index is 0.139. The first-order valence-electron chi connectivity index (χ1n) is 6.25. The highest BCUT2D eigenvalue weighted by molar-refractivity contribution is 5.88. The smallest absolute Gasteiger partial charge is 0.326 e. The summed E-state index contributed by atoms with van der Waals surface area (Å²) in [7, 11) is 0. The summed E-state index contributed by atoms with van der Waals surface area (Å²) in [6.45, 7) is 3.64. The molecule has 0 aromatic heterocycles. The standard InChI is InChI=1S/C14H20N2O3/c1-9(2)12(14(18)19)16-13(17)11(8-15)10-6-4-3-5-7-10/h3-7,9,11-12H,8,15H2,1-2H3,(H,16,17)(H,18,19). The molecule has 0 radical (unpaired) electrons. The van der Waals surface area contributed by atoms with Crippen molar-refractivity contribution < 1.29 is 14.7 Å². The Balaban J connectivity index is 2.83. The first-order chi connectivity index (χ1) is 8.97. The zero-order valence-electron chi connectivity index (χ0n) is 11.2. The number of rotatable bonds is 6. The molecule has 1 aromatic carbocycles. The summed E-state index contributed by atoms with van der Waals surface area (Å²) < 4.78 is 0. The van der Waals surface area contributed by atoms with Gasteiger partial charge in [0.25, 0.3) is 0 Å². The molecule has 2 unspecified atom stereocenters. The molecule has 2 atom stereocenters. The molecule has 0 heterocycles. The molecule has 0 bridgehead atoms. The second-order valence-corrected chi connectivity index (χ2v) is 4.77. The quantitative estimate of drug-likeness (QED) is 0.713. The third-order valence-corrected chi connectivity index (χ3v) is 2.98. The summed E-state index contributed by atoms with van der Waals surface area (Å²) >= 11 is 0. The van der Waals surface area contributed by atoms with Crippen molar-refractivity contribution in [3.63, 3.8) is 0 Å². The van der Waals surface area contributed by atoms with Gasteiger partial charge in [-0.1, -0.05) is 44.2 Å². The minimum Gasteiger partial charge on any atom is -0.480 e. The minimum atomic E-state index is -1.04. The van der Waals surface area contributed by atoms with Crippen molar-refractivity contribution in [1.82, 2.24) is 5.32 Å². The van der Waals surface area contributed by atoms with Gasteiger partial charge in [0.05, 0.1) is 5.92 Å². The van der Waals surface area contributed by atoms with Crippen molar-refractivity contribution in [1.29, 1.82) is 0 Å². The van der Waals surface area contributed by atoms with Crippen molar-refractivity contribution in [3.05, 3.63) is 35.9 Å². The number of carboxylic acid groups (broad SMARTS) is 1. The molecule has 0 aliphatic heterocycles. The Kier molecular flexibility index (Phi) is 5.51. The number of amides is 1. The van der Waals surface area contributed by atoms with Crippen LogP contribution in [-0.2, 0) is 9.59 Å². The van der Waals surface area contributed by atoms with Crippen molar-refractivity contribution in [2.24, 2.45) is 11.7 Å². The predicted octanol–water partition coefficient (Wildman–Crippen LogP) is 0.954. The van der Waals surface area contributed by atoms with Gasteiger partial charge in [0.15, 0.2) is 0 Å². The van der Waals surface area contributed by atoms with Crippen LogP contribution >= 0.6 is 0 Å². The van der Waals surface area contributed by atoms with Gasteiger partial charge in [-0.25, -0.2) is 4.79 Å². The van der Waals surface area contributed by atoms with Crippen molar-refractivity contribution in [3.8, 4) is 0 Å². The van der Waals surface area contributed by atoms with E-state index in [9.17, 15) is 9.59 Å². The summed E-state index contributed by atoms with van der Waals surface area (Å²) in [6, 6.07) is 8.21. The molecule has 1 amide bonds. The number of carboxylic acids is 1. The second-order valence-electron chi connectivity index (χ2n) is 4.77. The van der Waals surface area contributed by atoms with E-state index in [4.69, 9.17) is 10.8 Å². The molecule has 19 heavy (non-hydrogen) atoms. The van der Waals surface area contributed by atoms with Gasteiger partial charge in [-0.15, -0.1) is 0 Å². The molecule has 0 aliphatic rings. The number of nitrogens with one attached hydrogen (secondary N) is 1. The molecular formula is C14H20N2O3. The molecule has 0 aliphatic carbocycles. The fourth-order valence-electron chi connectivity index (χ4n) is 1.85. The van der Waals surface area contributed by atoms with E-state index in [2.05, 4.69) is 5.32 Å². The van der Waals surface area contributed by atoms with Gasteiger partial charge in [-0.3, -0.25) is 4.79 Å². The number of carbonyl (C=O) groups excluding carboxylic acids is 1. The van der Waals surface area contributed by atoms with Crippen LogP contribution in [0.2, 0.25) is 0 Å². The van der Waals surface area contributed by atoms with Gasteiger partial charge in [-0.05, 0) is 11.5 Å². The van der Waals surface area contributed by atoms with E-state index in [-0.39, 0.29) is 18.4 Å². The van der Waals surface area contributed by atoms with Gasteiger partial charge in [0, 0.05) is 6.54 Å². The first kappa shape index (κ1) is 15.2. The van der Waals surface area contributed by atoms with Crippen LogP contribution in [0.3, 0.4) is 0 Å². The van der Waals surface area contributed by atoms with Gasteiger partial charge in [-0.2, -0.15) is 0 Å². The van der Waals surface area contributed by atoms with Crippen LogP contribution in [-0.4, -0.2) is 29.6 Å². The van der Waals surface area contributed by atoms with E-state index in [1.807, 2.05) is 30.3 Å². The average Bonchev–Trinajstić information content (AvgIpc) is 2.37. The Morgan fingerprint density at radius 2 is 1.84 bits per heavy atom. The maximum atomic E-state index is 12.1. The highest BCUT2D eigenvalue weighted by Gasteiger charge is 2.27. The van der Waals surface area contributed by atoms with Crippen molar-refractivity contribution >= 4 is 11.9 Å². The number of hydrogen-bond donors (Lipinski definition) is 3. The molecular weight excluding hydrogens is 244 g/mol. The van der Waals surface area contributed by atoms with E-state index in [0.717, 1.165) is 5.56 Å². The molecule has 5 heteroatoms. The average molecular weight is 264 g/mol. The van der Waals surface area contributed by atoms with Crippen molar-refractivity contribution in [2.75, 3.05) is 6.54 Å². The van der Waals surface area contributed by atoms with E-state index >= 15 is 0 Å². The Morgan fingerprint density at radius 3 is 2.26 bits per heavy atom. The molecule has 0 spiro atoms. The van der Waals surface area contributed by atoms with Crippen LogP contribution < -0.4 is 11.1 Å². The monoisotopic (exact) mass is 264 g/mol. The molecule has 5 nitrogen and oxygen atoms in total. The number of hydrogen-bond acceptors (Lipinski definition) is 3. The molecule has 4 N–H and O–H groups in total. The lowest BCUT2D eigenvalue weighted by Gasteiger charge is -2.21. The van der Waals surface area contributed by atoms with Crippen LogP contribution in [0, 0.1) is 5.92 Å².